The third-order valence-corrected chi connectivity index (χ3v) is 3.18. The number of nitrogens with zero attached hydrogens (tertiary/aromatic N) is 1. The molecule has 1 aromatic rings. The van der Waals surface area contributed by atoms with Crippen molar-refractivity contribution in [2.24, 2.45) is 0 Å². The van der Waals surface area contributed by atoms with E-state index in [9.17, 15) is 22.8 Å². The van der Waals surface area contributed by atoms with Gasteiger partial charge >= 0.3 is 18.2 Å². The van der Waals surface area contributed by atoms with Crippen LogP contribution in [0.3, 0.4) is 0 Å². The summed E-state index contributed by atoms with van der Waals surface area (Å²) in [6, 6.07) is 2.00. The molecule has 2 atom stereocenters. The molecule has 1 saturated heterocycles. The summed E-state index contributed by atoms with van der Waals surface area (Å²) in [6.45, 7) is 0. The Labute approximate surface area is 128 Å². The van der Waals surface area contributed by atoms with Crippen molar-refractivity contribution in [3.63, 3.8) is 0 Å². The zero-order valence-electron chi connectivity index (χ0n) is 11.7. The summed E-state index contributed by atoms with van der Waals surface area (Å²) in [4.78, 5) is 22.7. The van der Waals surface area contributed by atoms with Crippen molar-refractivity contribution >= 4 is 12.1 Å². The van der Waals surface area contributed by atoms with E-state index in [1.54, 1.807) is 0 Å². The van der Waals surface area contributed by atoms with E-state index < -0.39 is 35.9 Å². The Balaban J connectivity index is 2.30. The molecule has 1 aliphatic rings. The Kier molecular flexibility index (Phi) is 4.73. The Bertz CT molecular complexity index is 593. The number of ether oxygens (including phenoxy) is 1. The smallest absolute Gasteiger partial charge is 0.438 e. The topological polar surface area (TPSA) is 103 Å². The Morgan fingerprint density at radius 1 is 1.26 bits per heavy atom. The number of carbonyl (C=O) groups excluding carboxylic acids is 1. The van der Waals surface area contributed by atoms with E-state index in [1.807, 2.05) is 0 Å². The van der Waals surface area contributed by atoms with Gasteiger partial charge in [-0.25, -0.2) is 15.6 Å². The van der Waals surface area contributed by atoms with Crippen LogP contribution in [0.25, 0.3) is 0 Å². The van der Waals surface area contributed by atoms with Gasteiger partial charge in [-0.3, -0.25) is 4.79 Å². The fourth-order valence-corrected chi connectivity index (χ4v) is 2.03. The van der Waals surface area contributed by atoms with Crippen molar-refractivity contribution < 1.29 is 32.6 Å². The Morgan fingerprint density at radius 2 is 1.87 bits per heavy atom. The van der Waals surface area contributed by atoms with E-state index in [0.717, 1.165) is 31.4 Å². The maximum absolute atomic E-state index is 12.6. The molecule has 2 rings (SSSR count). The van der Waals surface area contributed by atoms with Gasteiger partial charge in [-0.15, -0.1) is 5.53 Å². The predicted octanol–water partition coefficient (Wildman–Crippen LogP) is 0.795. The van der Waals surface area contributed by atoms with Crippen molar-refractivity contribution in [3.8, 4) is 0 Å². The first-order valence-corrected chi connectivity index (χ1v) is 6.29. The number of carbonyl (C=O) groups is 2. The van der Waals surface area contributed by atoms with Crippen LogP contribution in [0.2, 0.25) is 0 Å². The van der Waals surface area contributed by atoms with Gasteiger partial charge < -0.3 is 9.84 Å². The number of hydrazine groups is 3. The van der Waals surface area contributed by atoms with Gasteiger partial charge in [0.2, 0.25) is 0 Å². The lowest BCUT2D eigenvalue weighted by Crippen LogP contribution is -2.69. The summed E-state index contributed by atoms with van der Waals surface area (Å²) < 4.78 is 42.4. The highest BCUT2D eigenvalue weighted by Crippen LogP contribution is 2.30. The number of hydrogen-bond donors (Lipinski definition) is 4. The van der Waals surface area contributed by atoms with Gasteiger partial charge in [0.25, 0.3) is 0 Å². The van der Waals surface area contributed by atoms with E-state index in [2.05, 4.69) is 21.1 Å². The normalized spacial score (nSPS) is 21.8. The molecule has 1 amide bonds. The standard InChI is InChI=1S/C12H13F3N4O4/c1-23-10(20)9-8(17-19(11(21)22)18-16-9)6-2-4-7(5-3-6)12(13,14)15/h2-5,8-9,16-18H,1H3,(H,21,22). The van der Waals surface area contributed by atoms with E-state index in [0.29, 0.717) is 5.12 Å². The molecular formula is C12H13F3N4O4. The molecule has 0 spiro atoms. The van der Waals surface area contributed by atoms with Crippen molar-refractivity contribution in [2.75, 3.05) is 7.11 Å². The summed E-state index contributed by atoms with van der Waals surface area (Å²) in [7, 11) is 1.14. The summed E-state index contributed by atoms with van der Waals surface area (Å²) in [5.41, 5.74) is 6.53. The number of methoxy groups -OCH3 is 1. The van der Waals surface area contributed by atoms with E-state index in [-0.39, 0.29) is 5.56 Å². The van der Waals surface area contributed by atoms with Crippen molar-refractivity contribution in [1.82, 2.24) is 21.5 Å². The third kappa shape index (κ3) is 3.70. The number of alkyl halides is 3. The molecule has 1 heterocycles. The highest BCUT2D eigenvalue weighted by molar-refractivity contribution is 5.77. The number of halogens is 3. The molecule has 1 fully saturated rings. The van der Waals surface area contributed by atoms with Crippen molar-refractivity contribution in [1.29, 1.82) is 0 Å². The quantitative estimate of drug-likeness (QED) is 0.593. The fourth-order valence-electron chi connectivity index (χ4n) is 2.03. The molecule has 2 unspecified atom stereocenters. The summed E-state index contributed by atoms with van der Waals surface area (Å²) >= 11 is 0. The number of nitrogens with one attached hydrogen (secondary N) is 3. The minimum absolute atomic E-state index is 0.272. The summed E-state index contributed by atoms with van der Waals surface area (Å²) in [5, 5.41) is 9.48. The van der Waals surface area contributed by atoms with E-state index in [1.165, 1.54) is 0 Å². The van der Waals surface area contributed by atoms with Crippen LogP contribution < -0.4 is 16.4 Å². The van der Waals surface area contributed by atoms with Crippen molar-refractivity contribution in [3.05, 3.63) is 35.4 Å². The van der Waals surface area contributed by atoms with Crippen LogP contribution in [0.4, 0.5) is 18.0 Å². The lowest BCUT2D eigenvalue weighted by molar-refractivity contribution is -0.148. The highest BCUT2D eigenvalue weighted by Gasteiger charge is 2.38. The van der Waals surface area contributed by atoms with E-state index >= 15 is 0 Å². The molecule has 4 N–H and O–H groups in total. The minimum atomic E-state index is -4.49. The monoisotopic (exact) mass is 334 g/mol. The largest absolute Gasteiger partial charge is 0.468 e. The van der Waals surface area contributed by atoms with Crippen LogP contribution in [0.1, 0.15) is 17.2 Å². The van der Waals surface area contributed by atoms with Crippen LogP contribution in [0.5, 0.6) is 0 Å². The van der Waals surface area contributed by atoms with Gasteiger partial charge in [0.15, 0.2) is 0 Å². The molecular weight excluding hydrogens is 321 g/mol. The first-order chi connectivity index (χ1) is 10.7. The maximum atomic E-state index is 12.6. The second-order valence-electron chi connectivity index (χ2n) is 4.60. The second-order valence-corrected chi connectivity index (χ2v) is 4.60. The third-order valence-electron chi connectivity index (χ3n) is 3.18. The van der Waals surface area contributed by atoms with E-state index in [4.69, 9.17) is 5.11 Å². The van der Waals surface area contributed by atoms with Gasteiger partial charge in [0.1, 0.15) is 6.04 Å². The number of rotatable bonds is 2. The zero-order valence-corrected chi connectivity index (χ0v) is 11.7. The molecule has 0 radical (unpaired) electrons. The molecule has 1 aromatic carbocycles. The van der Waals surface area contributed by atoms with Crippen LogP contribution >= 0.6 is 0 Å². The number of hydrogen-bond acceptors (Lipinski definition) is 6. The molecule has 0 aromatic heterocycles. The van der Waals surface area contributed by atoms with Crippen LogP contribution in [0, 0.1) is 0 Å². The number of benzene rings is 1. The lowest BCUT2D eigenvalue weighted by Gasteiger charge is -2.37. The Hall–Kier alpha value is -2.37. The van der Waals surface area contributed by atoms with Gasteiger partial charge in [-0.05, 0) is 17.7 Å². The van der Waals surface area contributed by atoms with Gasteiger partial charge in [0, 0.05) is 0 Å². The first kappa shape index (κ1) is 17.0. The second kappa shape index (κ2) is 6.40. The molecule has 1 aliphatic heterocycles. The predicted molar refractivity (Wildman–Crippen MR) is 69.3 cm³/mol. The molecule has 8 nitrogen and oxygen atoms in total. The number of amides is 1. The van der Waals surface area contributed by atoms with Crippen LogP contribution in [-0.2, 0) is 15.7 Å². The van der Waals surface area contributed by atoms with Crippen LogP contribution in [-0.4, -0.2) is 35.4 Å². The van der Waals surface area contributed by atoms with Gasteiger partial charge in [0.05, 0.1) is 18.7 Å². The summed E-state index contributed by atoms with van der Waals surface area (Å²) in [6.07, 6.45) is -5.90. The molecule has 0 aliphatic carbocycles. The first-order valence-electron chi connectivity index (χ1n) is 6.29. The molecule has 23 heavy (non-hydrogen) atoms. The van der Waals surface area contributed by atoms with Gasteiger partial charge in [-0.1, -0.05) is 12.1 Å². The SMILES string of the molecule is COC(=O)C1NNN(C(=O)O)NC1c1ccc(C(F)(F)F)cc1. The van der Waals surface area contributed by atoms with Crippen LogP contribution in [0.15, 0.2) is 24.3 Å². The number of esters is 1. The average Bonchev–Trinajstić information content (AvgIpc) is 2.52. The highest BCUT2D eigenvalue weighted by atomic mass is 19.4. The van der Waals surface area contributed by atoms with Crippen molar-refractivity contribution in [2.45, 2.75) is 18.3 Å². The zero-order chi connectivity index (χ0) is 17.2. The molecule has 11 heteroatoms. The average molecular weight is 334 g/mol. The summed E-state index contributed by atoms with van der Waals surface area (Å²) in [5.74, 6) is -0.722. The Morgan fingerprint density at radius 3 is 2.35 bits per heavy atom. The lowest BCUT2D eigenvalue weighted by atomic mass is 9.98. The fraction of sp³-hybridized carbons (Fsp3) is 0.333. The number of carboxylic acid groups (broad SMARTS) is 1. The minimum Gasteiger partial charge on any atom is -0.468 e. The molecule has 126 valence electrons. The van der Waals surface area contributed by atoms with Gasteiger partial charge in [-0.2, -0.15) is 18.3 Å². The molecule has 0 bridgehead atoms. The maximum Gasteiger partial charge on any atom is 0.438 e. The molecule has 0 saturated carbocycles.